The van der Waals surface area contributed by atoms with Crippen molar-refractivity contribution in [2.24, 2.45) is 5.41 Å². The zero-order valence-corrected chi connectivity index (χ0v) is 21.1. The second kappa shape index (κ2) is 9.79. The van der Waals surface area contributed by atoms with Gasteiger partial charge in [0, 0.05) is 39.4 Å². The number of thioether (sulfide) groups is 1. The number of hydrogen-bond acceptors (Lipinski definition) is 6. The van der Waals surface area contributed by atoms with Gasteiger partial charge in [-0.3, -0.25) is 4.79 Å². The Labute approximate surface area is 222 Å². The smallest absolute Gasteiger partial charge is 0.303 e. The zero-order chi connectivity index (χ0) is 26.3. The first-order valence-corrected chi connectivity index (χ1v) is 13.2. The van der Waals surface area contributed by atoms with Crippen molar-refractivity contribution in [3.8, 4) is 11.5 Å². The molecule has 0 atom stereocenters. The van der Waals surface area contributed by atoms with Crippen LogP contribution in [0.4, 0.5) is 8.78 Å². The molecule has 1 aromatic heterocycles. The van der Waals surface area contributed by atoms with Gasteiger partial charge in [-0.25, -0.2) is 13.8 Å². The molecular formula is C29H24F2N2O4S. The van der Waals surface area contributed by atoms with Crippen molar-refractivity contribution in [2.75, 3.05) is 12.4 Å². The lowest BCUT2D eigenvalue weighted by molar-refractivity contribution is -0.138. The van der Waals surface area contributed by atoms with Crippen LogP contribution >= 0.6 is 11.8 Å². The van der Waals surface area contributed by atoms with Crippen LogP contribution in [0.2, 0.25) is 0 Å². The van der Waals surface area contributed by atoms with E-state index in [0.717, 1.165) is 46.7 Å². The predicted molar refractivity (Wildman–Crippen MR) is 142 cm³/mol. The SMILES string of the molecule is O=C(O)CC1(CSC2=C3NC=CC=C3COc3ccc(OCc4ccc5cc(F)c(F)cc5n4)cc32)CC1. The summed E-state index contributed by atoms with van der Waals surface area (Å²) in [6.07, 6.45) is 7.80. The molecule has 0 unspecified atom stereocenters. The fraction of sp³-hybridized carbons (Fsp3) is 0.241. The molecule has 6 rings (SSSR count). The number of fused-ring (bicyclic) bond motifs is 3. The quantitative estimate of drug-likeness (QED) is 0.357. The number of carbonyl (C=O) groups is 1. The van der Waals surface area contributed by atoms with Gasteiger partial charge in [-0.05, 0) is 54.7 Å². The molecule has 0 bridgehead atoms. The molecular weight excluding hydrogens is 510 g/mol. The number of aliphatic carboxylic acids is 1. The normalized spacial score (nSPS) is 17.1. The molecule has 6 nitrogen and oxygen atoms in total. The fourth-order valence-electron chi connectivity index (χ4n) is 4.64. The highest BCUT2D eigenvalue weighted by Crippen LogP contribution is 2.54. The van der Waals surface area contributed by atoms with E-state index in [1.54, 1.807) is 23.9 Å². The topological polar surface area (TPSA) is 80.7 Å². The van der Waals surface area contributed by atoms with Gasteiger partial charge in [-0.2, -0.15) is 0 Å². The summed E-state index contributed by atoms with van der Waals surface area (Å²) < 4.78 is 39.4. The van der Waals surface area contributed by atoms with Crippen molar-refractivity contribution < 1.29 is 28.2 Å². The Kier molecular flexibility index (Phi) is 6.31. The van der Waals surface area contributed by atoms with Crippen molar-refractivity contribution in [2.45, 2.75) is 25.9 Å². The Morgan fingerprint density at radius 1 is 1.16 bits per heavy atom. The highest BCUT2D eigenvalue weighted by atomic mass is 32.2. The second-order valence-electron chi connectivity index (χ2n) is 9.76. The third kappa shape index (κ3) is 4.98. The minimum Gasteiger partial charge on any atom is -0.488 e. The van der Waals surface area contributed by atoms with Crippen LogP contribution in [0, 0.1) is 17.0 Å². The third-order valence-electron chi connectivity index (χ3n) is 6.93. The summed E-state index contributed by atoms with van der Waals surface area (Å²) in [5.41, 5.74) is 3.59. The van der Waals surface area contributed by atoms with Gasteiger partial charge in [-0.1, -0.05) is 12.1 Å². The van der Waals surface area contributed by atoms with E-state index >= 15 is 0 Å². The maximum atomic E-state index is 13.7. The van der Waals surface area contributed by atoms with E-state index in [-0.39, 0.29) is 18.4 Å². The van der Waals surface area contributed by atoms with E-state index in [1.807, 2.05) is 36.6 Å². The standard InChI is InChI=1S/C29H24F2N2O4S/c30-22-10-17-3-4-19(33-24(17)12-23(22)31)15-36-20-5-6-25-21(11-20)28(27-18(14-37-25)2-1-9-32-27)38-16-29(7-8-29)13-26(34)35/h1-6,9-12,32H,7-8,13-16H2,(H,34,35). The van der Waals surface area contributed by atoms with Gasteiger partial charge in [0.15, 0.2) is 11.6 Å². The molecule has 0 amide bonds. The van der Waals surface area contributed by atoms with Gasteiger partial charge < -0.3 is 19.9 Å². The Morgan fingerprint density at radius 3 is 2.82 bits per heavy atom. The van der Waals surface area contributed by atoms with E-state index in [4.69, 9.17) is 9.47 Å². The molecule has 0 radical (unpaired) electrons. The van der Waals surface area contributed by atoms with Gasteiger partial charge in [0.25, 0.3) is 0 Å². The Morgan fingerprint density at radius 2 is 2.00 bits per heavy atom. The number of carboxylic acid groups (broad SMARTS) is 1. The molecule has 1 saturated carbocycles. The molecule has 3 aliphatic rings. The van der Waals surface area contributed by atoms with Gasteiger partial charge in [0.1, 0.15) is 24.7 Å². The number of benzene rings is 2. The summed E-state index contributed by atoms with van der Waals surface area (Å²) in [7, 11) is 0. The Balaban J connectivity index is 1.27. The lowest BCUT2D eigenvalue weighted by Crippen LogP contribution is -2.16. The molecule has 3 heterocycles. The molecule has 0 spiro atoms. The number of dihydropyridines is 1. The lowest BCUT2D eigenvalue weighted by Gasteiger charge is -2.19. The Hall–Kier alpha value is -3.85. The van der Waals surface area contributed by atoms with E-state index in [9.17, 15) is 18.7 Å². The number of rotatable bonds is 8. The van der Waals surface area contributed by atoms with E-state index in [2.05, 4.69) is 10.3 Å². The van der Waals surface area contributed by atoms with Crippen LogP contribution in [0.15, 0.2) is 72.1 Å². The molecule has 9 heteroatoms. The van der Waals surface area contributed by atoms with E-state index < -0.39 is 17.6 Å². The predicted octanol–water partition coefficient (Wildman–Crippen LogP) is 6.18. The number of nitrogens with zero attached hydrogens (tertiary/aromatic N) is 1. The van der Waals surface area contributed by atoms with Gasteiger partial charge in [-0.15, -0.1) is 11.8 Å². The molecule has 194 valence electrons. The van der Waals surface area contributed by atoms with Crippen LogP contribution in [0.25, 0.3) is 15.8 Å². The lowest BCUT2D eigenvalue weighted by atomic mass is 10.1. The first-order chi connectivity index (χ1) is 18.4. The molecule has 2 N–H and O–H groups in total. The van der Waals surface area contributed by atoms with E-state index in [1.165, 1.54) is 0 Å². The number of halogens is 2. The number of hydrogen-bond donors (Lipinski definition) is 2. The van der Waals surface area contributed by atoms with Gasteiger partial charge in [0.2, 0.25) is 0 Å². The molecule has 1 aliphatic carbocycles. The van der Waals surface area contributed by atoms with Crippen molar-refractivity contribution in [1.29, 1.82) is 0 Å². The number of aromatic nitrogens is 1. The maximum absolute atomic E-state index is 13.7. The first-order valence-electron chi connectivity index (χ1n) is 12.3. The van der Waals surface area contributed by atoms with Crippen molar-refractivity contribution in [1.82, 2.24) is 10.3 Å². The summed E-state index contributed by atoms with van der Waals surface area (Å²) in [5.74, 6) is -0.606. The zero-order valence-electron chi connectivity index (χ0n) is 20.3. The van der Waals surface area contributed by atoms with Crippen LogP contribution in [0.1, 0.15) is 30.5 Å². The average molecular weight is 535 g/mol. The van der Waals surface area contributed by atoms with Crippen LogP contribution in [-0.4, -0.2) is 28.4 Å². The largest absolute Gasteiger partial charge is 0.488 e. The molecule has 38 heavy (non-hydrogen) atoms. The third-order valence-corrected chi connectivity index (χ3v) is 8.40. The maximum Gasteiger partial charge on any atom is 0.303 e. The van der Waals surface area contributed by atoms with Crippen LogP contribution in [0.3, 0.4) is 0 Å². The molecule has 0 saturated heterocycles. The van der Waals surface area contributed by atoms with Crippen LogP contribution < -0.4 is 14.8 Å². The van der Waals surface area contributed by atoms with Gasteiger partial charge in [0.05, 0.1) is 23.3 Å². The van der Waals surface area contributed by atoms with Crippen molar-refractivity contribution in [3.05, 3.63) is 95.0 Å². The average Bonchev–Trinajstić information content (AvgIpc) is 3.68. The second-order valence-corrected chi connectivity index (χ2v) is 10.7. The highest BCUT2D eigenvalue weighted by Gasteiger charge is 2.44. The summed E-state index contributed by atoms with van der Waals surface area (Å²) in [6.45, 7) is 0.545. The molecule has 2 aromatic carbocycles. The van der Waals surface area contributed by atoms with Crippen LogP contribution in [0.5, 0.6) is 11.5 Å². The number of nitrogens with one attached hydrogen (secondary N) is 1. The monoisotopic (exact) mass is 534 g/mol. The number of allylic oxidation sites excluding steroid dienone is 2. The van der Waals surface area contributed by atoms with Crippen molar-refractivity contribution >= 4 is 33.5 Å². The molecule has 3 aromatic rings. The highest BCUT2D eigenvalue weighted by molar-refractivity contribution is 8.08. The minimum absolute atomic E-state index is 0.140. The van der Waals surface area contributed by atoms with Gasteiger partial charge >= 0.3 is 5.97 Å². The van der Waals surface area contributed by atoms with E-state index in [0.29, 0.717) is 40.5 Å². The Bertz CT molecular complexity index is 1550. The summed E-state index contributed by atoms with van der Waals surface area (Å²) >= 11 is 1.64. The number of pyridine rings is 1. The van der Waals surface area contributed by atoms with Crippen LogP contribution in [-0.2, 0) is 11.4 Å². The summed E-state index contributed by atoms with van der Waals surface area (Å²) in [4.78, 5) is 16.8. The minimum atomic E-state index is -0.942. The number of ether oxygens (including phenoxy) is 2. The number of carboxylic acids is 1. The fourth-order valence-corrected chi connectivity index (χ4v) is 6.13. The molecule has 2 aliphatic heterocycles. The molecule has 1 fully saturated rings. The summed E-state index contributed by atoms with van der Waals surface area (Å²) in [5, 5.41) is 13.2. The summed E-state index contributed by atoms with van der Waals surface area (Å²) in [6, 6.07) is 11.2. The first kappa shape index (κ1) is 24.5. The van der Waals surface area contributed by atoms with Crippen molar-refractivity contribution in [3.63, 3.8) is 0 Å².